The number of aromatic nitrogens is 2. The van der Waals surface area contributed by atoms with Crippen LogP contribution in [0.25, 0.3) is 11.3 Å². The van der Waals surface area contributed by atoms with Gasteiger partial charge in [0.2, 0.25) is 0 Å². The first-order valence-corrected chi connectivity index (χ1v) is 6.30. The van der Waals surface area contributed by atoms with Crippen LogP contribution in [0.4, 0.5) is 0 Å². The van der Waals surface area contributed by atoms with Gasteiger partial charge in [0.25, 0.3) is 0 Å². The van der Waals surface area contributed by atoms with Crippen LogP contribution in [0.15, 0.2) is 30.5 Å². The van der Waals surface area contributed by atoms with Crippen LogP contribution in [0.2, 0.25) is 0 Å². The minimum atomic E-state index is -0.103. The maximum Gasteiger partial charge on any atom is 0.118 e. The zero-order valence-electron chi connectivity index (χ0n) is 11.8. The number of ether oxygens (including phenoxy) is 1. The highest BCUT2D eigenvalue weighted by molar-refractivity contribution is 5.63. The summed E-state index contributed by atoms with van der Waals surface area (Å²) in [7, 11) is 1.64. The average molecular weight is 260 g/mol. The third-order valence-electron chi connectivity index (χ3n) is 3.01. The van der Waals surface area contributed by atoms with Crippen LogP contribution in [0.5, 0.6) is 5.75 Å². The van der Waals surface area contributed by atoms with E-state index in [1.807, 2.05) is 35.1 Å². The molecular formula is C15H20N2O2. The molecule has 1 aromatic carbocycles. The van der Waals surface area contributed by atoms with E-state index in [2.05, 4.69) is 25.9 Å². The lowest BCUT2D eigenvalue weighted by Gasteiger charge is -2.18. The molecule has 0 aliphatic heterocycles. The van der Waals surface area contributed by atoms with E-state index in [0.29, 0.717) is 0 Å². The van der Waals surface area contributed by atoms with Crippen molar-refractivity contribution in [1.29, 1.82) is 0 Å². The summed E-state index contributed by atoms with van der Waals surface area (Å²) in [4.78, 5) is 0. The molecular weight excluding hydrogens is 240 g/mol. The molecule has 0 spiro atoms. The van der Waals surface area contributed by atoms with Gasteiger partial charge in [-0.1, -0.05) is 0 Å². The molecule has 0 unspecified atom stereocenters. The first-order valence-electron chi connectivity index (χ1n) is 6.30. The molecule has 0 bridgehead atoms. The van der Waals surface area contributed by atoms with Crippen molar-refractivity contribution in [2.24, 2.45) is 0 Å². The summed E-state index contributed by atoms with van der Waals surface area (Å²) < 4.78 is 7.03. The smallest absolute Gasteiger partial charge is 0.118 e. The van der Waals surface area contributed by atoms with Crippen molar-refractivity contribution in [3.8, 4) is 17.0 Å². The van der Waals surface area contributed by atoms with Crippen LogP contribution < -0.4 is 4.74 Å². The Morgan fingerprint density at radius 3 is 2.32 bits per heavy atom. The molecule has 102 valence electrons. The lowest BCUT2D eigenvalue weighted by Crippen LogP contribution is -2.22. The highest BCUT2D eigenvalue weighted by Crippen LogP contribution is 2.26. The van der Waals surface area contributed by atoms with Crippen LogP contribution in [0.3, 0.4) is 0 Å². The number of aliphatic hydroxyl groups is 1. The van der Waals surface area contributed by atoms with Gasteiger partial charge in [-0.2, -0.15) is 5.10 Å². The molecule has 0 saturated heterocycles. The Morgan fingerprint density at radius 2 is 1.84 bits per heavy atom. The number of aliphatic hydroxyl groups excluding tert-OH is 1. The molecule has 0 radical (unpaired) electrons. The summed E-state index contributed by atoms with van der Waals surface area (Å²) in [6.07, 6.45) is 1.90. The van der Waals surface area contributed by atoms with Crippen molar-refractivity contribution in [2.75, 3.05) is 7.11 Å². The van der Waals surface area contributed by atoms with E-state index < -0.39 is 0 Å². The predicted molar refractivity (Wildman–Crippen MR) is 75.1 cm³/mol. The molecule has 1 N–H and O–H groups in total. The summed E-state index contributed by atoms with van der Waals surface area (Å²) in [6, 6.07) is 7.69. The lowest BCUT2D eigenvalue weighted by molar-refractivity contribution is 0.281. The fourth-order valence-electron chi connectivity index (χ4n) is 1.86. The molecule has 1 aromatic heterocycles. The summed E-state index contributed by atoms with van der Waals surface area (Å²) in [5.74, 6) is 0.810. The summed E-state index contributed by atoms with van der Waals surface area (Å²) in [5.41, 5.74) is 2.53. The van der Waals surface area contributed by atoms with Crippen molar-refractivity contribution in [1.82, 2.24) is 9.78 Å². The standard InChI is InChI=1S/C15H20N2O2/c1-15(2,3)17-9-12(10-18)14(16-17)11-5-7-13(19-4)8-6-11/h5-9,18H,10H2,1-4H3. The van der Waals surface area contributed by atoms with Crippen LogP contribution in [-0.4, -0.2) is 22.0 Å². The van der Waals surface area contributed by atoms with Crippen molar-refractivity contribution in [3.63, 3.8) is 0 Å². The second-order valence-electron chi connectivity index (χ2n) is 5.50. The largest absolute Gasteiger partial charge is 0.497 e. The molecule has 19 heavy (non-hydrogen) atoms. The zero-order valence-corrected chi connectivity index (χ0v) is 11.8. The molecule has 4 nitrogen and oxygen atoms in total. The highest BCUT2D eigenvalue weighted by atomic mass is 16.5. The fourth-order valence-corrected chi connectivity index (χ4v) is 1.86. The van der Waals surface area contributed by atoms with Crippen molar-refractivity contribution < 1.29 is 9.84 Å². The van der Waals surface area contributed by atoms with Gasteiger partial charge in [-0.05, 0) is 45.0 Å². The second kappa shape index (κ2) is 5.05. The molecule has 0 atom stereocenters. The second-order valence-corrected chi connectivity index (χ2v) is 5.50. The van der Waals surface area contributed by atoms with E-state index in [-0.39, 0.29) is 12.1 Å². The molecule has 0 fully saturated rings. The van der Waals surface area contributed by atoms with E-state index in [1.165, 1.54) is 0 Å². The Kier molecular flexibility index (Phi) is 3.62. The number of nitrogens with zero attached hydrogens (tertiary/aromatic N) is 2. The molecule has 0 amide bonds. The van der Waals surface area contributed by atoms with Crippen LogP contribution in [0, 0.1) is 0 Å². The third kappa shape index (κ3) is 2.79. The van der Waals surface area contributed by atoms with Gasteiger partial charge in [-0.3, -0.25) is 4.68 Å². The van der Waals surface area contributed by atoms with Gasteiger partial charge in [-0.25, -0.2) is 0 Å². The van der Waals surface area contributed by atoms with E-state index in [1.54, 1.807) is 7.11 Å². The quantitative estimate of drug-likeness (QED) is 0.923. The van der Waals surface area contributed by atoms with Crippen LogP contribution in [-0.2, 0) is 12.1 Å². The Morgan fingerprint density at radius 1 is 1.21 bits per heavy atom. The van der Waals surface area contributed by atoms with Gasteiger partial charge in [0.15, 0.2) is 0 Å². The summed E-state index contributed by atoms with van der Waals surface area (Å²) >= 11 is 0. The molecule has 1 heterocycles. The van der Waals surface area contributed by atoms with Crippen LogP contribution in [0.1, 0.15) is 26.3 Å². The van der Waals surface area contributed by atoms with Crippen molar-refractivity contribution in [2.45, 2.75) is 32.9 Å². The maximum atomic E-state index is 9.48. The Balaban J connectivity index is 2.45. The Bertz CT molecular complexity index is 551. The first-order chi connectivity index (χ1) is 8.95. The van der Waals surface area contributed by atoms with Crippen molar-refractivity contribution >= 4 is 0 Å². The monoisotopic (exact) mass is 260 g/mol. The van der Waals surface area contributed by atoms with Gasteiger partial charge in [0.1, 0.15) is 5.75 Å². The molecule has 0 aliphatic carbocycles. The van der Waals surface area contributed by atoms with E-state index in [0.717, 1.165) is 22.6 Å². The first kappa shape index (κ1) is 13.6. The SMILES string of the molecule is COc1ccc(-c2nn(C(C)(C)C)cc2CO)cc1. The zero-order chi connectivity index (χ0) is 14.0. The average Bonchev–Trinajstić information content (AvgIpc) is 2.83. The summed E-state index contributed by atoms with van der Waals surface area (Å²) in [5, 5.41) is 14.1. The number of rotatable bonds is 3. The van der Waals surface area contributed by atoms with E-state index in [9.17, 15) is 5.11 Å². The van der Waals surface area contributed by atoms with Gasteiger partial charge in [-0.15, -0.1) is 0 Å². The summed E-state index contributed by atoms with van der Waals surface area (Å²) in [6.45, 7) is 6.23. The van der Waals surface area contributed by atoms with Gasteiger partial charge in [0.05, 0.1) is 24.9 Å². The van der Waals surface area contributed by atoms with E-state index in [4.69, 9.17) is 4.74 Å². The fraction of sp³-hybridized carbons (Fsp3) is 0.400. The van der Waals surface area contributed by atoms with Crippen molar-refractivity contribution in [3.05, 3.63) is 36.0 Å². The highest BCUT2D eigenvalue weighted by Gasteiger charge is 2.18. The predicted octanol–water partition coefficient (Wildman–Crippen LogP) is 2.81. The Labute approximate surface area is 113 Å². The number of benzene rings is 1. The molecule has 0 saturated carbocycles. The number of methoxy groups -OCH3 is 1. The lowest BCUT2D eigenvalue weighted by atomic mass is 10.1. The topological polar surface area (TPSA) is 47.3 Å². The van der Waals surface area contributed by atoms with Gasteiger partial charge < -0.3 is 9.84 Å². The normalized spacial score (nSPS) is 11.6. The Hall–Kier alpha value is -1.81. The van der Waals surface area contributed by atoms with E-state index >= 15 is 0 Å². The molecule has 4 heteroatoms. The third-order valence-corrected chi connectivity index (χ3v) is 3.01. The molecule has 2 rings (SSSR count). The van der Waals surface area contributed by atoms with Gasteiger partial charge >= 0.3 is 0 Å². The minimum Gasteiger partial charge on any atom is -0.497 e. The number of hydrogen-bond acceptors (Lipinski definition) is 3. The molecule has 0 aliphatic rings. The van der Waals surface area contributed by atoms with Crippen LogP contribution >= 0.6 is 0 Å². The minimum absolute atomic E-state index is 0.0164. The maximum absolute atomic E-state index is 9.48. The number of hydrogen-bond donors (Lipinski definition) is 1. The van der Waals surface area contributed by atoms with Gasteiger partial charge in [0, 0.05) is 17.3 Å². The molecule has 2 aromatic rings.